The topological polar surface area (TPSA) is 55.8 Å². The number of hydrogen-bond acceptors (Lipinski definition) is 4. The van der Waals surface area contributed by atoms with Crippen LogP contribution < -0.4 is 0 Å². The molecule has 0 saturated heterocycles. The van der Waals surface area contributed by atoms with Gasteiger partial charge in [-0.1, -0.05) is 19.9 Å². The number of carbonyl (C=O) groups excluding carboxylic acids is 1. The second-order valence-electron chi connectivity index (χ2n) is 4.79. The Bertz CT molecular complexity index is 328. The fraction of sp³-hybridized carbons (Fsp3) is 0.615. The summed E-state index contributed by atoms with van der Waals surface area (Å²) in [6.45, 7) is 6.53. The Morgan fingerprint density at radius 1 is 1.65 bits per heavy atom. The molecule has 1 N–H and O–H groups in total. The third kappa shape index (κ3) is 4.61. The van der Waals surface area contributed by atoms with Gasteiger partial charge in [0.05, 0.1) is 25.0 Å². The van der Waals surface area contributed by atoms with E-state index >= 15 is 0 Å². The first kappa shape index (κ1) is 13.8. The van der Waals surface area contributed by atoms with Crippen molar-refractivity contribution >= 4 is 5.97 Å². The maximum Gasteiger partial charge on any atom is 0.333 e. The molecule has 4 nitrogen and oxygen atoms in total. The van der Waals surface area contributed by atoms with E-state index in [0.29, 0.717) is 19.6 Å². The molecule has 0 amide bonds. The normalized spacial score (nSPS) is 22.6. The Morgan fingerprint density at radius 3 is 2.88 bits per heavy atom. The highest BCUT2D eigenvalue weighted by Gasteiger charge is 2.30. The fourth-order valence-corrected chi connectivity index (χ4v) is 1.86. The third-order valence-electron chi connectivity index (χ3n) is 2.56. The highest BCUT2D eigenvalue weighted by Crippen LogP contribution is 2.35. The monoisotopic (exact) mass is 240 g/mol. The third-order valence-corrected chi connectivity index (χ3v) is 2.56. The van der Waals surface area contributed by atoms with Crippen molar-refractivity contribution in [2.45, 2.75) is 33.3 Å². The molecule has 0 heterocycles. The maximum atomic E-state index is 11.0. The van der Waals surface area contributed by atoms with Crippen LogP contribution in [0.25, 0.3) is 0 Å². The van der Waals surface area contributed by atoms with Gasteiger partial charge in [-0.25, -0.2) is 4.79 Å². The molecule has 1 atom stereocenters. The van der Waals surface area contributed by atoms with E-state index < -0.39 is 12.1 Å². The molecule has 17 heavy (non-hydrogen) atoms. The summed E-state index contributed by atoms with van der Waals surface area (Å²) in [5.74, 6) is -0.422. The molecule has 1 rings (SSSR count). The van der Waals surface area contributed by atoms with Crippen LogP contribution in [0.5, 0.6) is 0 Å². The first-order valence-electron chi connectivity index (χ1n) is 5.79. The van der Waals surface area contributed by atoms with Crippen molar-refractivity contribution in [1.82, 2.24) is 0 Å². The van der Waals surface area contributed by atoms with Gasteiger partial charge in [-0.3, -0.25) is 0 Å². The van der Waals surface area contributed by atoms with E-state index in [1.165, 1.54) is 12.3 Å². The Hall–Kier alpha value is -1.29. The van der Waals surface area contributed by atoms with E-state index in [1.54, 1.807) is 6.92 Å². The average Bonchev–Trinajstić information content (AvgIpc) is 2.47. The van der Waals surface area contributed by atoms with E-state index in [9.17, 15) is 9.90 Å². The minimum absolute atomic E-state index is 0.0168. The minimum Gasteiger partial charge on any atom is -0.496 e. The molecule has 0 spiro atoms. The van der Waals surface area contributed by atoms with Crippen molar-refractivity contribution in [1.29, 1.82) is 0 Å². The largest absolute Gasteiger partial charge is 0.496 e. The van der Waals surface area contributed by atoms with Crippen molar-refractivity contribution in [3.8, 4) is 0 Å². The van der Waals surface area contributed by atoms with Gasteiger partial charge >= 0.3 is 5.97 Å². The second kappa shape index (κ2) is 5.87. The maximum absolute atomic E-state index is 11.0. The molecular weight excluding hydrogens is 220 g/mol. The Labute approximate surface area is 102 Å². The predicted octanol–water partition coefficient (Wildman–Crippen LogP) is 1.80. The van der Waals surface area contributed by atoms with Crippen LogP contribution >= 0.6 is 0 Å². The zero-order chi connectivity index (χ0) is 12.9. The van der Waals surface area contributed by atoms with Gasteiger partial charge in [0.1, 0.15) is 6.61 Å². The molecule has 1 aliphatic carbocycles. The van der Waals surface area contributed by atoms with E-state index in [4.69, 9.17) is 9.47 Å². The van der Waals surface area contributed by atoms with Crippen LogP contribution in [0.4, 0.5) is 0 Å². The molecule has 1 aliphatic rings. The number of hydrogen-bond donors (Lipinski definition) is 1. The lowest BCUT2D eigenvalue weighted by atomic mass is 9.93. The smallest absolute Gasteiger partial charge is 0.333 e. The molecule has 0 aromatic rings. The van der Waals surface area contributed by atoms with Crippen LogP contribution in [-0.4, -0.2) is 30.4 Å². The van der Waals surface area contributed by atoms with Gasteiger partial charge < -0.3 is 14.6 Å². The van der Waals surface area contributed by atoms with Crippen molar-refractivity contribution in [3.05, 3.63) is 24.0 Å². The van der Waals surface area contributed by atoms with Gasteiger partial charge in [0.25, 0.3) is 0 Å². The summed E-state index contributed by atoms with van der Waals surface area (Å²) < 4.78 is 9.89. The number of allylic oxidation sites excluding steroid dienone is 1. The van der Waals surface area contributed by atoms with Crippen molar-refractivity contribution in [2.75, 3.05) is 13.2 Å². The molecule has 0 aromatic heterocycles. The predicted molar refractivity (Wildman–Crippen MR) is 64.2 cm³/mol. The first-order chi connectivity index (χ1) is 7.94. The fourth-order valence-electron chi connectivity index (χ4n) is 1.86. The Kier molecular flexibility index (Phi) is 4.75. The van der Waals surface area contributed by atoms with Gasteiger partial charge in [0, 0.05) is 0 Å². The summed E-state index contributed by atoms with van der Waals surface area (Å²) in [5.41, 5.74) is 0.881. The molecule has 1 unspecified atom stereocenters. The lowest BCUT2D eigenvalue weighted by Gasteiger charge is -2.13. The van der Waals surface area contributed by atoms with Crippen LogP contribution in [0.2, 0.25) is 0 Å². The molecule has 0 aromatic carbocycles. The summed E-state index contributed by atoms with van der Waals surface area (Å²) in [4.78, 5) is 11.0. The van der Waals surface area contributed by atoms with Crippen molar-refractivity contribution in [2.24, 2.45) is 5.41 Å². The summed E-state index contributed by atoms with van der Waals surface area (Å²) >= 11 is 0. The number of aliphatic hydroxyl groups is 1. The van der Waals surface area contributed by atoms with E-state index in [-0.39, 0.29) is 5.41 Å². The minimum atomic E-state index is -0.444. The van der Waals surface area contributed by atoms with Gasteiger partial charge in [0.2, 0.25) is 0 Å². The lowest BCUT2D eigenvalue weighted by molar-refractivity contribution is -0.137. The molecule has 0 bridgehead atoms. The number of aliphatic hydroxyl groups excluding tert-OH is 1. The number of rotatable bonds is 5. The molecule has 0 saturated carbocycles. The zero-order valence-electron chi connectivity index (χ0n) is 10.6. The van der Waals surface area contributed by atoms with Crippen LogP contribution in [0.3, 0.4) is 0 Å². The zero-order valence-corrected chi connectivity index (χ0v) is 10.6. The lowest BCUT2D eigenvalue weighted by Crippen LogP contribution is -2.12. The standard InChI is InChI=1S/C13H20O4/c1-4-17-12(15)5-6-16-9-10-7-13(2,3)8-11(10)14/h5-7,11,14H,4,8-9H2,1-3H3/b6-5+. The summed E-state index contributed by atoms with van der Waals surface area (Å²) in [5, 5.41) is 9.75. The highest BCUT2D eigenvalue weighted by atomic mass is 16.5. The van der Waals surface area contributed by atoms with Gasteiger partial charge in [-0.15, -0.1) is 0 Å². The Morgan fingerprint density at radius 2 is 2.35 bits per heavy atom. The van der Waals surface area contributed by atoms with E-state index in [2.05, 4.69) is 13.8 Å². The van der Waals surface area contributed by atoms with Gasteiger partial charge in [-0.05, 0) is 24.3 Å². The van der Waals surface area contributed by atoms with E-state index in [1.807, 2.05) is 6.08 Å². The van der Waals surface area contributed by atoms with Crippen molar-refractivity contribution < 1.29 is 19.4 Å². The highest BCUT2D eigenvalue weighted by molar-refractivity contribution is 5.81. The van der Waals surface area contributed by atoms with Crippen molar-refractivity contribution in [3.63, 3.8) is 0 Å². The Balaban J connectivity index is 2.35. The molecule has 4 heteroatoms. The molecule has 96 valence electrons. The van der Waals surface area contributed by atoms with E-state index in [0.717, 1.165) is 5.57 Å². The quantitative estimate of drug-likeness (QED) is 0.344. The number of esters is 1. The summed E-state index contributed by atoms with van der Waals surface area (Å²) in [7, 11) is 0. The van der Waals surface area contributed by atoms with Gasteiger partial charge in [-0.2, -0.15) is 0 Å². The second-order valence-corrected chi connectivity index (χ2v) is 4.79. The molecule has 0 fully saturated rings. The summed E-state index contributed by atoms with van der Waals surface area (Å²) in [6, 6.07) is 0. The summed E-state index contributed by atoms with van der Waals surface area (Å²) in [6.07, 6.45) is 4.83. The van der Waals surface area contributed by atoms with Crippen LogP contribution in [-0.2, 0) is 14.3 Å². The van der Waals surface area contributed by atoms with Crippen LogP contribution in [0.15, 0.2) is 24.0 Å². The van der Waals surface area contributed by atoms with Gasteiger partial charge in [0.15, 0.2) is 0 Å². The first-order valence-corrected chi connectivity index (χ1v) is 5.79. The SMILES string of the molecule is CCOC(=O)/C=C/OCC1=CC(C)(C)CC1O. The number of carbonyl (C=O) groups is 1. The van der Waals surface area contributed by atoms with Crippen LogP contribution in [0, 0.1) is 5.41 Å². The molecule has 0 radical (unpaired) electrons. The molecule has 0 aliphatic heterocycles. The average molecular weight is 240 g/mol. The van der Waals surface area contributed by atoms with Crippen LogP contribution in [0.1, 0.15) is 27.2 Å². The molecular formula is C13H20O4. The number of ether oxygens (including phenoxy) is 2.